The number of rotatable bonds is 8. The number of thiazole rings is 1. The first-order chi connectivity index (χ1) is 16.5. The summed E-state index contributed by atoms with van der Waals surface area (Å²) in [4.78, 5) is 35.0. The lowest BCUT2D eigenvalue weighted by Crippen LogP contribution is -2.64. The molecule has 2 N–H and O–H groups in total. The third-order valence-corrected chi connectivity index (χ3v) is 7.81. The molecule has 2 aromatic rings. The minimum atomic E-state index is -0.00750. The van der Waals surface area contributed by atoms with Gasteiger partial charge >= 0.3 is 0 Å². The van der Waals surface area contributed by atoms with E-state index in [4.69, 9.17) is 11.6 Å². The Hall–Kier alpha value is -2.62. The number of amides is 2. The third-order valence-electron chi connectivity index (χ3n) is 6.79. The number of carbonyl (C=O) groups is 2. The van der Waals surface area contributed by atoms with Crippen LogP contribution in [0.1, 0.15) is 24.3 Å². The average molecular weight is 501 g/mol. The molecule has 2 aliphatic heterocycles. The van der Waals surface area contributed by atoms with Crippen molar-refractivity contribution in [2.24, 2.45) is 0 Å². The smallest absolute Gasteiger partial charge is 0.246 e. The van der Waals surface area contributed by atoms with Gasteiger partial charge in [0.2, 0.25) is 11.8 Å². The van der Waals surface area contributed by atoms with E-state index in [-0.39, 0.29) is 18.4 Å². The van der Waals surface area contributed by atoms with Crippen molar-refractivity contribution in [3.8, 4) is 0 Å². The highest BCUT2D eigenvalue weighted by molar-refractivity contribution is 7.13. The van der Waals surface area contributed by atoms with E-state index in [2.05, 4.69) is 33.2 Å². The molecule has 3 fully saturated rings. The SMILES string of the molecule is C=CC(=O)N1CC(N2CCN(C(=O)CNc3cc(C4CC4)c(Cl)cc3Nc3nccs3)CC2)C1. The molecule has 34 heavy (non-hydrogen) atoms. The van der Waals surface area contributed by atoms with Gasteiger partial charge < -0.3 is 20.4 Å². The summed E-state index contributed by atoms with van der Waals surface area (Å²) in [5, 5.41) is 10.1. The number of aromatic nitrogens is 1. The van der Waals surface area contributed by atoms with Crippen molar-refractivity contribution < 1.29 is 9.59 Å². The molecule has 0 radical (unpaired) electrons. The van der Waals surface area contributed by atoms with Crippen LogP contribution in [0.4, 0.5) is 16.5 Å². The molecule has 1 aromatic carbocycles. The molecule has 3 heterocycles. The van der Waals surface area contributed by atoms with Crippen molar-refractivity contribution in [2.75, 3.05) is 56.4 Å². The van der Waals surface area contributed by atoms with E-state index < -0.39 is 0 Å². The number of carbonyl (C=O) groups excluding carboxylic acids is 2. The van der Waals surface area contributed by atoms with Crippen LogP contribution in [0.25, 0.3) is 0 Å². The summed E-state index contributed by atoms with van der Waals surface area (Å²) in [6.07, 6.45) is 5.43. The molecule has 0 unspecified atom stereocenters. The molecule has 2 amide bonds. The number of likely N-dealkylation sites (tertiary alicyclic amines) is 1. The van der Waals surface area contributed by atoms with Gasteiger partial charge in [0.15, 0.2) is 5.13 Å². The van der Waals surface area contributed by atoms with Crippen LogP contribution in [0.2, 0.25) is 5.02 Å². The second kappa shape index (κ2) is 9.93. The number of anilines is 3. The zero-order valence-corrected chi connectivity index (χ0v) is 20.6. The van der Waals surface area contributed by atoms with Gasteiger partial charge in [-0.05, 0) is 42.5 Å². The van der Waals surface area contributed by atoms with Crippen molar-refractivity contribution in [3.63, 3.8) is 0 Å². The molecular formula is C24H29ClN6O2S. The van der Waals surface area contributed by atoms with Crippen LogP contribution in [0.15, 0.2) is 36.4 Å². The summed E-state index contributed by atoms with van der Waals surface area (Å²) in [6, 6.07) is 4.39. The van der Waals surface area contributed by atoms with Crippen LogP contribution in [-0.4, -0.2) is 83.4 Å². The van der Waals surface area contributed by atoms with E-state index in [9.17, 15) is 9.59 Å². The Kier molecular flexibility index (Phi) is 6.76. The molecule has 0 bridgehead atoms. The Balaban J connectivity index is 1.16. The molecule has 1 aromatic heterocycles. The highest BCUT2D eigenvalue weighted by Crippen LogP contribution is 2.46. The van der Waals surface area contributed by atoms with Crippen LogP contribution < -0.4 is 10.6 Å². The zero-order valence-electron chi connectivity index (χ0n) is 19.0. The average Bonchev–Trinajstić information content (AvgIpc) is 3.53. The third kappa shape index (κ3) is 5.06. The fourth-order valence-corrected chi connectivity index (χ4v) is 5.42. The van der Waals surface area contributed by atoms with Gasteiger partial charge in [-0.1, -0.05) is 18.2 Å². The first-order valence-electron chi connectivity index (χ1n) is 11.7. The van der Waals surface area contributed by atoms with Crippen molar-refractivity contribution >= 4 is 51.3 Å². The minimum absolute atomic E-state index is 0.00750. The Labute approximate surface area is 208 Å². The summed E-state index contributed by atoms with van der Waals surface area (Å²) in [6.45, 7) is 8.32. The second-order valence-electron chi connectivity index (χ2n) is 9.03. The lowest BCUT2D eigenvalue weighted by Gasteiger charge is -2.47. The molecule has 0 spiro atoms. The largest absolute Gasteiger partial charge is 0.374 e. The van der Waals surface area contributed by atoms with Gasteiger partial charge in [-0.2, -0.15) is 0 Å². The van der Waals surface area contributed by atoms with Gasteiger partial charge in [0, 0.05) is 61.9 Å². The predicted molar refractivity (Wildman–Crippen MR) is 136 cm³/mol. The van der Waals surface area contributed by atoms with Crippen molar-refractivity contribution in [2.45, 2.75) is 24.8 Å². The van der Waals surface area contributed by atoms with Crippen LogP contribution in [-0.2, 0) is 9.59 Å². The first kappa shape index (κ1) is 23.1. The van der Waals surface area contributed by atoms with Gasteiger partial charge in [-0.25, -0.2) is 4.98 Å². The molecule has 2 saturated heterocycles. The summed E-state index contributed by atoms with van der Waals surface area (Å²) >= 11 is 8.08. The van der Waals surface area contributed by atoms with Gasteiger partial charge in [0.1, 0.15) is 0 Å². The molecule has 0 atom stereocenters. The summed E-state index contributed by atoms with van der Waals surface area (Å²) < 4.78 is 0. The van der Waals surface area contributed by atoms with E-state index in [0.29, 0.717) is 25.0 Å². The molecule has 180 valence electrons. The van der Waals surface area contributed by atoms with E-state index >= 15 is 0 Å². The molecule has 1 aliphatic carbocycles. The fourth-order valence-electron chi connectivity index (χ4n) is 4.56. The van der Waals surface area contributed by atoms with Crippen molar-refractivity contribution in [1.29, 1.82) is 0 Å². The number of halogens is 1. The first-order valence-corrected chi connectivity index (χ1v) is 12.9. The number of piperazine rings is 1. The Bertz CT molecular complexity index is 1060. The minimum Gasteiger partial charge on any atom is -0.374 e. The topological polar surface area (TPSA) is 80.8 Å². The lowest BCUT2D eigenvalue weighted by molar-refractivity contribution is -0.135. The van der Waals surface area contributed by atoms with Crippen LogP contribution in [0.3, 0.4) is 0 Å². The highest BCUT2D eigenvalue weighted by Gasteiger charge is 2.35. The fraction of sp³-hybridized carbons (Fsp3) is 0.458. The maximum Gasteiger partial charge on any atom is 0.246 e. The zero-order chi connectivity index (χ0) is 23.7. The standard InChI is InChI=1S/C24H29ClN6O2S/c1-2-22(32)31-14-17(15-31)29-6-8-30(9-7-29)23(33)13-27-20-11-18(16-3-4-16)19(25)12-21(20)28-24-26-5-10-34-24/h2,5,10-12,16-17,27H,1,3-4,6-9,13-15H2,(H,26,28). The maximum absolute atomic E-state index is 13.0. The quantitative estimate of drug-likeness (QED) is 0.541. The van der Waals surface area contributed by atoms with Crippen LogP contribution >= 0.6 is 22.9 Å². The number of benzene rings is 1. The lowest BCUT2D eigenvalue weighted by atomic mass is 10.1. The van der Waals surface area contributed by atoms with E-state index in [0.717, 1.165) is 66.1 Å². The Morgan fingerprint density at radius 2 is 1.91 bits per heavy atom. The normalized spacial score (nSPS) is 19.0. The van der Waals surface area contributed by atoms with Gasteiger partial charge in [-0.15, -0.1) is 11.3 Å². The summed E-state index contributed by atoms with van der Waals surface area (Å²) in [5.41, 5.74) is 2.83. The van der Waals surface area contributed by atoms with Crippen molar-refractivity contribution in [1.82, 2.24) is 19.7 Å². The van der Waals surface area contributed by atoms with Crippen LogP contribution in [0, 0.1) is 0 Å². The number of nitrogens with zero attached hydrogens (tertiary/aromatic N) is 4. The molecule has 10 heteroatoms. The van der Waals surface area contributed by atoms with Gasteiger partial charge in [0.25, 0.3) is 0 Å². The Morgan fingerprint density at radius 1 is 1.15 bits per heavy atom. The highest BCUT2D eigenvalue weighted by atomic mass is 35.5. The van der Waals surface area contributed by atoms with E-state index in [1.807, 2.05) is 16.3 Å². The number of hydrogen-bond acceptors (Lipinski definition) is 7. The molecule has 8 nitrogen and oxygen atoms in total. The summed E-state index contributed by atoms with van der Waals surface area (Å²) in [5.74, 6) is 0.585. The van der Waals surface area contributed by atoms with Gasteiger partial charge in [-0.3, -0.25) is 14.5 Å². The van der Waals surface area contributed by atoms with Gasteiger partial charge in [0.05, 0.1) is 17.9 Å². The predicted octanol–water partition coefficient (Wildman–Crippen LogP) is 3.37. The monoisotopic (exact) mass is 500 g/mol. The van der Waals surface area contributed by atoms with Crippen LogP contribution in [0.5, 0.6) is 0 Å². The maximum atomic E-state index is 13.0. The van der Waals surface area contributed by atoms with E-state index in [1.54, 1.807) is 11.1 Å². The number of nitrogens with one attached hydrogen (secondary N) is 2. The molecule has 1 saturated carbocycles. The summed E-state index contributed by atoms with van der Waals surface area (Å²) in [7, 11) is 0. The van der Waals surface area contributed by atoms with E-state index in [1.165, 1.54) is 17.4 Å². The Morgan fingerprint density at radius 3 is 2.56 bits per heavy atom. The number of hydrogen-bond donors (Lipinski definition) is 2. The second-order valence-corrected chi connectivity index (χ2v) is 10.3. The molecular weight excluding hydrogens is 472 g/mol. The van der Waals surface area contributed by atoms with Crippen molar-refractivity contribution in [3.05, 3.63) is 47.0 Å². The molecule has 5 rings (SSSR count). The molecule has 3 aliphatic rings.